The lowest BCUT2D eigenvalue weighted by atomic mass is 10.2. The van der Waals surface area contributed by atoms with Crippen molar-refractivity contribution >= 4 is 49.9 Å². The highest BCUT2D eigenvalue weighted by Crippen LogP contribution is 2.33. The van der Waals surface area contributed by atoms with Crippen molar-refractivity contribution in [2.45, 2.75) is 0 Å². The lowest BCUT2D eigenvalue weighted by Crippen LogP contribution is -2.43. The molecular weight excluding hydrogens is 592 g/mol. The molecule has 10 nitrogen and oxygen atoms in total. The number of furan rings is 1. The molecule has 0 bridgehead atoms. The molecule has 5 aromatic rings. The average molecular weight is 617 g/mol. The molecule has 0 atom stereocenters. The molecule has 0 saturated carbocycles. The van der Waals surface area contributed by atoms with Gasteiger partial charge in [-0.25, -0.2) is 4.98 Å². The van der Waals surface area contributed by atoms with Crippen molar-refractivity contribution < 1.29 is 23.4 Å². The number of hydrogen-bond donors (Lipinski definition) is 0. The van der Waals surface area contributed by atoms with Crippen LogP contribution in [-0.2, 0) is 9.53 Å². The number of aromatic nitrogens is 2. The van der Waals surface area contributed by atoms with E-state index < -0.39 is 0 Å². The summed E-state index contributed by atoms with van der Waals surface area (Å²) in [7, 11) is 1.59. The molecule has 2 aromatic heterocycles. The van der Waals surface area contributed by atoms with E-state index in [-0.39, 0.29) is 23.9 Å². The molecule has 208 valence electrons. The van der Waals surface area contributed by atoms with Gasteiger partial charge in [0.25, 0.3) is 11.5 Å². The second-order valence-corrected chi connectivity index (χ2v) is 10.1. The number of carbonyl (C=O) groups is 1. The number of methoxy groups -OCH3 is 1. The monoisotopic (exact) mass is 616 g/mol. The predicted octanol–water partition coefficient (Wildman–Crippen LogP) is 4.70. The summed E-state index contributed by atoms with van der Waals surface area (Å²) < 4.78 is 24.5. The van der Waals surface area contributed by atoms with E-state index in [2.05, 4.69) is 21.0 Å². The highest BCUT2D eigenvalue weighted by Gasteiger charge is 2.19. The molecule has 3 heterocycles. The Morgan fingerprint density at radius 3 is 2.68 bits per heavy atom. The summed E-state index contributed by atoms with van der Waals surface area (Å²) in [5.41, 5.74) is 1.49. The summed E-state index contributed by atoms with van der Waals surface area (Å²) >= 11 is 3.51. The van der Waals surface area contributed by atoms with Crippen LogP contribution >= 0.6 is 15.9 Å². The maximum absolute atomic E-state index is 13.6. The molecule has 1 aliphatic rings. The molecule has 1 aliphatic heterocycles. The van der Waals surface area contributed by atoms with Crippen LogP contribution in [0.15, 0.2) is 85.5 Å². The minimum atomic E-state index is -0.338. The van der Waals surface area contributed by atoms with Crippen LogP contribution in [0.1, 0.15) is 5.56 Å². The SMILES string of the molecule is COc1cccc2oc(-c3nc4ccccc4c(=O)n3N=Cc3ccc(OCC(=O)N4CCOCC4)c(Br)c3)cc12. The van der Waals surface area contributed by atoms with Crippen molar-refractivity contribution in [2.24, 2.45) is 5.10 Å². The Kier molecular flexibility index (Phi) is 7.53. The van der Waals surface area contributed by atoms with Gasteiger partial charge in [0.15, 0.2) is 12.4 Å². The molecule has 1 fully saturated rings. The zero-order valence-corrected chi connectivity index (χ0v) is 23.7. The first-order valence-corrected chi connectivity index (χ1v) is 13.7. The van der Waals surface area contributed by atoms with Gasteiger partial charge in [-0.1, -0.05) is 18.2 Å². The third kappa shape index (κ3) is 5.46. The molecule has 0 unspecified atom stereocenters. The van der Waals surface area contributed by atoms with E-state index >= 15 is 0 Å². The smallest absolute Gasteiger partial charge is 0.282 e. The zero-order valence-electron chi connectivity index (χ0n) is 22.1. The molecule has 0 spiro atoms. The fourth-order valence-electron chi connectivity index (χ4n) is 4.60. The van der Waals surface area contributed by atoms with Crippen molar-refractivity contribution in [3.63, 3.8) is 0 Å². The van der Waals surface area contributed by atoms with Crippen molar-refractivity contribution in [1.82, 2.24) is 14.6 Å². The van der Waals surface area contributed by atoms with Crippen molar-refractivity contribution in [2.75, 3.05) is 40.0 Å². The first-order valence-electron chi connectivity index (χ1n) is 12.9. The second kappa shape index (κ2) is 11.6. The molecule has 11 heteroatoms. The van der Waals surface area contributed by atoms with Crippen LogP contribution in [0.2, 0.25) is 0 Å². The van der Waals surface area contributed by atoms with Crippen LogP contribution in [0.3, 0.4) is 0 Å². The van der Waals surface area contributed by atoms with E-state index in [1.165, 1.54) is 4.68 Å². The summed E-state index contributed by atoms with van der Waals surface area (Å²) in [5, 5.41) is 5.70. The largest absolute Gasteiger partial charge is 0.496 e. The number of halogens is 1. The first-order chi connectivity index (χ1) is 20.0. The predicted molar refractivity (Wildman–Crippen MR) is 158 cm³/mol. The Morgan fingerprint density at radius 1 is 1.05 bits per heavy atom. The van der Waals surface area contributed by atoms with Gasteiger partial charge >= 0.3 is 0 Å². The summed E-state index contributed by atoms with van der Waals surface area (Å²) in [6.45, 7) is 2.11. The Hall–Kier alpha value is -4.48. The standard InChI is InChI=1S/C30H25BrN4O6/c1-38-24-7-4-8-25-21(24)16-27(41-25)29-33-23-6-3-2-5-20(23)30(37)35(29)32-17-19-9-10-26(22(31)15-19)40-18-28(36)34-11-13-39-14-12-34/h2-10,15-17H,11-14,18H2,1H3. The molecule has 6 rings (SSSR count). The van der Waals surface area contributed by atoms with Crippen LogP contribution in [0.4, 0.5) is 0 Å². The van der Waals surface area contributed by atoms with Crippen LogP contribution in [-0.4, -0.2) is 66.7 Å². The molecule has 1 saturated heterocycles. The number of carbonyl (C=O) groups excluding carboxylic acids is 1. The number of rotatable bonds is 7. The van der Waals surface area contributed by atoms with Gasteiger partial charge in [0.1, 0.15) is 17.1 Å². The quantitative estimate of drug-likeness (QED) is 0.244. The summed E-state index contributed by atoms with van der Waals surface area (Å²) in [5.74, 6) is 1.70. The van der Waals surface area contributed by atoms with Gasteiger partial charge in [0, 0.05) is 13.1 Å². The van der Waals surface area contributed by atoms with Gasteiger partial charge < -0.3 is 23.5 Å². The van der Waals surface area contributed by atoms with Gasteiger partial charge in [-0.05, 0) is 70.0 Å². The van der Waals surface area contributed by atoms with Crippen LogP contribution < -0.4 is 15.0 Å². The van der Waals surface area contributed by atoms with E-state index in [9.17, 15) is 9.59 Å². The van der Waals surface area contributed by atoms with E-state index in [0.717, 1.165) is 5.39 Å². The number of amides is 1. The van der Waals surface area contributed by atoms with Crippen molar-refractivity contribution in [1.29, 1.82) is 0 Å². The van der Waals surface area contributed by atoms with E-state index in [0.29, 0.717) is 70.1 Å². The van der Waals surface area contributed by atoms with E-state index in [4.69, 9.17) is 23.6 Å². The van der Waals surface area contributed by atoms with Crippen LogP contribution in [0.25, 0.3) is 33.5 Å². The van der Waals surface area contributed by atoms with Gasteiger partial charge in [-0.15, -0.1) is 0 Å². The summed E-state index contributed by atoms with van der Waals surface area (Å²) in [4.78, 5) is 32.4. The second-order valence-electron chi connectivity index (χ2n) is 9.27. The zero-order chi connectivity index (χ0) is 28.3. The number of fused-ring (bicyclic) bond motifs is 2. The minimum absolute atomic E-state index is 0.0736. The number of ether oxygens (including phenoxy) is 3. The maximum Gasteiger partial charge on any atom is 0.282 e. The van der Waals surface area contributed by atoms with Crippen LogP contribution in [0, 0.1) is 0 Å². The molecule has 1 amide bonds. The minimum Gasteiger partial charge on any atom is -0.496 e. The topological polar surface area (TPSA) is 108 Å². The normalized spacial score (nSPS) is 13.8. The summed E-state index contributed by atoms with van der Waals surface area (Å²) in [6, 6.07) is 19.7. The Labute approximate surface area is 242 Å². The number of morpholine rings is 1. The Balaban J connectivity index is 1.31. The fraction of sp³-hybridized carbons (Fsp3) is 0.200. The van der Waals surface area contributed by atoms with Gasteiger partial charge in [0.2, 0.25) is 5.82 Å². The van der Waals surface area contributed by atoms with Crippen molar-refractivity contribution in [3.8, 4) is 23.1 Å². The number of para-hydroxylation sites is 1. The molecule has 0 N–H and O–H groups in total. The lowest BCUT2D eigenvalue weighted by Gasteiger charge is -2.26. The third-order valence-electron chi connectivity index (χ3n) is 6.71. The molecule has 3 aromatic carbocycles. The summed E-state index contributed by atoms with van der Waals surface area (Å²) in [6.07, 6.45) is 1.55. The first kappa shape index (κ1) is 26.7. The van der Waals surface area contributed by atoms with E-state index in [1.54, 1.807) is 60.7 Å². The third-order valence-corrected chi connectivity index (χ3v) is 7.33. The molecule has 41 heavy (non-hydrogen) atoms. The number of nitrogens with zero attached hydrogens (tertiary/aromatic N) is 4. The van der Waals surface area contributed by atoms with E-state index in [1.807, 2.05) is 24.3 Å². The molecule has 0 aliphatic carbocycles. The van der Waals surface area contributed by atoms with Crippen LogP contribution in [0.5, 0.6) is 11.5 Å². The number of hydrogen-bond acceptors (Lipinski definition) is 8. The van der Waals surface area contributed by atoms with Gasteiger partial charge in [-0.2, -0.15) is 9.78 Å². The highest BCUT2D eigenvalue weighted by atomic mass is 79.9. The van der Waals surface area contributed by atoms with Gasteiger partial charge in [0.05, 0.1) is 47.3 Å². The lowest BCUT2D eigenvalue weighted by molar-refractivity contribution is -0.137. The fourth-order valence-corrected chi connectivity index (χ4v) is 5.11. The maximum atomic E-state index is 13.6. The Bertz CT molecular complexity index is 1840. The molecular formula is C30H25BrN4O6. The average Bonchev–Trinajstić information content (AvgIpc) is 3.45. The highest BCUT2D eigenvalue weighted by molar-refractivity contribution is 9.10. The van der Waals surface area contributed by atoms with Gasteiger partial charge in [-0.3, -0.25) is 9.59 Å². The van der Waals surface area contributed by atoms with Crippen molar-refractivity contribution in [3.05, 3.63) is 87.1 Å². The molecule has 0 radical (unpaired) electrons. The number of benzene rings is 3. The Morgan fingerprint density at radius 2 is 1.88 bits per heavy atom.